The van der Waals surface area contributed by atoms with Crippen molar-refractivity contribution in [2.45, 2.75) is 0 Å². The molecule has 0 fully saturated rings. The number of hydrogen-bond acceptors (Lipinski definition) is 3. The second-order valence-corrected chi connectivity index (χ2v) is 4.40. The first-order chi connectivity index (χ1) is 7.90. The molecular weight excluding hydrogens is 244 g/mol. The van der Waals surface area contributed by atoms with E-state index in [0.29, 0.717) is 5.56 Å². The van der Waals surface area contributed by atoms with Gasteiger partial charge in [-0.2, -0.15) is 13.1 Å². The lowest BCUT2D eigenvalue weighted by Crippen LogP contribution is -2.30. The van der Waals surface area contributed by atoms with Crippen molar-refractivity contribution in [3.8, 4) is 11.8 Å². The van der Waals surface area contributed by atoms with Gasteiger partial charge in [0.05, 0.1) is 12.1 Å². The Hall–Kier alpha value is -1.88. The molecule has 1 aromatic carbocycles. The molecule has 0 bridgehead atoms. The van der Waals surface area contributed by atoms with Crippen molar-refractivity contribution in [3.05, 3.63) is 35.4 Å². The molecule has 90 valence electrons. The number of benzene rings is 1. The molecular formula is C10H10N2O4S. The number of carboxylic acids is 1. The van der Waals surface area contributed by atoms with Crippen molar-refractivity contribution in [1.82, 2.24) is 4.72 Å². The second kappa shape index (κ2) is 5.45. The number of carboxylic acid groups (broad SMARTS) is 1. The van der Waals surface area contributed by atoms with Gasteiger partial charge in [-0.3, -0.25) is 0 Å². The molecule has 17 heavy (non-hydrogen) atoms. The van der Waals surface area contributed by atoms with Crippen LogP contribution in [0.5, 0.6) is 0 Å². The maximum Gasteiger partial charge on any atom is 0.336 e. The third-order valence-corrected chi connectivity index (χ3v) is 2.29. The van der Waals surface area contributed by atoms with Gasteiger partial charge in [0.1, 0.15) is 0 Å². The molecule has 0 amide bonds. The van der Waals surface area contributed by atoms with Gasteiger partial charge in [-0.25, -0.2) is 9.93 Å². The lowest BCUT2D eigenvalue weighted by Gasteiger charge is -1.97. The van der Waals surface area contributed by atoms with Crippen molar-refractivity contribution < 1.29 is 18.3 Å². The van der Waals surface area contributed by atoms with Crippen LogP contribution in [0.3, 0.4) is 0 Å². The van der Waals surface area contributed by atoms with Crippen LogP contribution in [0.15, 0.2) is 24.3 Å². The fraction of sp³-hybridized carbons (Fsp3) is 0.100. The van der Waals surface area contributed by atoms with Gasteiger partial charge in [-0.15, -0.1) is 0 Å². The average Bonchev–Trinajstić information content (AvgIpc) is 2.23. The summed E-state index contributed by atoms with van der Waals surface area (Å²) in [5.41, 5.74) is 0.381. The average molecular weight is 254 g/mol. The SMILES string of the molecule is NS(=O)(=O)NCC#Cc1ccccc1C(=O)O. The maximum absolute atomic E-state index is 10.8. The zero-order chi connectivity index (χ0) is 12.9. The molecule has 0 aliphatic carbocycles. The van der Waals surface area contributed by atoms with Crippen molar-refractivity contribution in [3.63, 3.8) is 0 Å². The van der Waals surface area contributed by atoms with Gasteiger partial charge in [-0.05, 0) is 12.1 Å². The molecule has 1 rings (SSSR count). The summed E-state index contributed by atoms with van der Waals surface area (Å²) in [6, 6.07) is 6.17. The highest BCUT2D eigenvalue weighted by Gasteiger charge is 2.06. The Balaban J connectivity index is 2.82. The summed E-state index contributed by atoms with van der Waals surface area (Å²) in [7, 11) is -3.77. The minimum Gasteiger partial charge on any atom is -0.478 e. The van der Waals surface area contributed by atoms with E-state index in [2.05, 4.69) is 11.8 Å². The predicted octanol–water partition coefficient (Wildman–Crippen LogP) is -0.471. The predicted molar refractivity (Wildman–Crippen MR) is 61.4 cm³/mol. The minimum absolute atomic E-state index is 0.0654. The summed E-state index contributed by atoms with van der Waals surface area (Å²) in [5.74, 6) is 3.94. The maximum atomic E-state index is 10.8. The molecule has 7 heteroatoms. The van der Waals surface area contributed by atoms with Gasteiger partial charge < -0.3 is 5.11 Å². The first kappa shape index (κ1) is 13.2. The van der Waals surface area contributed by atoms with Gasteiger partial charge in [-0.1, -0.05) is 24.0 Å². The van der Waals surface area contributed by atoms with E-state index in [1.807, 2.05) is 4.72 Å². The lowest BCUT2D eigenvalue weighted by atomic mass is 10.1. The molecule has 6 nitrogen and oxygen atoms in total. The number of rotatable bonds is 3. The fourth-order valence-corrected chi connectivity index (χ4v) is 1.33. The van der Waals surface area contributed by atoms with Crippen LogP contribution < -0.4 is 9.86 Å². The zero-order valence-corrected chi connectivity index (χ0v) is 9.49. The summed E-state index contributed by atoms with van der Waals surface area (Å²) in [6.45, 7) is -0.174. The van der Waals surface area contributed by atoms with Gasteiger partial charge in [0.25, 0.3) is 10.2 Å². The van der Waals surface area contributed by atoms with E-state index in [1.165, 1.54) is 12.1 Å². The fourth-order valence-electron chi connectivity index (χ4n) is 1.05. The highest BCUT2D eigenvalue weighted by molar-refractivity contribution is 7.87. The third-order valence-electron chi connectivity index (χ3n) is 1.74. The summed E-state index contributed by atoms with van der Waals surface area (Å²) >= 11 is 0. The van der Waals surface area contributed by atoms with Crippen LogP contribution in [-0.2, 0) is 10.2 Å². The summed E-state index contributed by atoms with van der Waals surface area (Å²) in [6.07, 6.45) is 0. The lowest BCUT2D eigenvalue weighted by molar-refractivity contribution is 0.0696. The van der Waals surface area contributed by atoms with Gasteiger partial charge >= 0.3 is 5.97 Å². The van der Waals surface area contributed by atoms with E-state index in [0.717, 1.165) is 0 Å². The standard InChI is InChI=1S/C10H10N2O4S/c11-17(15,16)12-7-3-5-8-4-1-2-6-9(8)10(13)14/h1-2,4,6,12H,7H2,(H,13,14)(H2,11,15,16). The van der Waals surface area contributed by atoms with Gasteiger partial charge in [0.15, 0.2) is 0 Å². The molecule has 0 unspecified atom stereocenters. The van der Waals surface area contributed by atoms with E-state index >= 15 is 0 Å². The Labute approximate surface area is 98.6 Å². The van der Waals surface area contributed by atoms with Crippen LogP contribution in [0.25, 0.3) is 0 Å². The molecule has 1 aromatic rings. The van der Waals surface area contributed by atoms with Crippen LogP contribution in [0, 0.1) is 11.8 Å². The first-order valence-corrected chi connectivity index (χ1v) is 6.03. The number of carbonyl (C=O) groups is 1. The Morgan fingerprint density at radius 1 is 1.41 bits per heavy atom. The Kier molecular flexibility index (Phi) is 4.23. The Morgan fingerprint density at radius 2 is 2.06 bits per heavy atom. The number of aromatic carboxylic acids is 1. The van der Waals surface area contributed by atoms with Crippen LogP contribution >= 0.6 is 0 Å². The highest BCUT2D eigenvalue weighted by atomic mass is 32.2. The van der Waals surface area contributed by atoms with E-state index in [1.54, 1.807) is 12.1 Å². The molecule has 0 aromatic heterocycles. The molecule has 0 heterocycles. The molecule has 0 spiro atoms. The monoisotopic (exact) mass is 254 g/mol. The summed E-state index contributed by atoms with van der Waals surface area (Å²) < 4.78 is 23.0. The van der Waals surface area contributed by atoms with Gasteiger partial charge in [0.2, 0.25) is 0 Å². The van der Waals surface area contributed by atoms with Crippen LogP contribution in [-0.4, -0.2) is 26.0 Å². The molecule has 0 saturated carbocycles. The summed E-state index contributed by atoms with van der Waals surface area (Å²) in [5, 5.41) is 13.5. The van der Waals surface area contributed by atoms with Crippen LogP contribution in [0.2, 0.25) is 0 Å². The number of hydrogen-bond donors (Lipinski definition) is 3. The summed E-state index contributed by atoms with van der Waals surface area (Å²) in [4.78, 5) is 10.8. The number of nitrogens with one attached hydrogen (secondary N) is 1. The largest absolute Gasteiger partial charge is 0.478 e. The molecule has 0 radical (unpaired) electrons. The van der Waals surface area contributed by atoms with E-state index in [9.17, 15) is 13.2 Å². The molecule has 4 N–H and O–H groups in total. The normalized spacial score (nSPS) is 10.4. The third kappa shape index (κ3) is 4.65. The Morgan fingerprint density at radius 3 is 2.65 bits per heavy atom. The van der Waals surface area contributed by atoms with Crippen molar-refractivity contribution in [1.29, 1.82) is 0 Å². The Bertz CT molecular complexity index is 584. The van der Waals surface area contributed by atoms with Crippen LogP contribution in [0.1, 0.15) is 15.9 Å². The van der Waals surface area contributed by atoms with Crippen molar-refractivity contribution in [2.75, 3.05) is 6.54 Å². The molecule has 0 aliphatic rings. The smallest absolute Gasteiger partial charge is 0.336 e. The van der Waals surface area contributed by atoms with Crippen molar-refractivity contribution in [2.24, 2.45) is 5.14 Å². The number of nitrogens with two attached hydrogens (primary N) is 1. The quantitative estimate of drug-likeness (QED) is 0.633. The molecule has 0 saturated heterocycles. The second-order valence-electron chi connectivity index (χ2n) is 3.02. The topological polar surface area (TPSA) is 109 Å². The minimum atomic E-state index is -3.77. The molecule has 0 aliphatic heterocycles. The van der Waals surface area contributed by atoms with Crippen molar-refractivity contribution >= 4 is 16.2 Å². The van der Waals surface area contributed by atoms with E-state index < -0.39 is 16.2 Å². The highest BCUT2D eigenvalue weighted by Crippen LogP contribution is 2.06. The molecule has 0 atom stereocenters. The first-order valence-electron chi connectivity index (χ1n) is 4.49. The van der Waals surface area contributed by atoms with E-state index in [4.69, 9.17) is 10.2 Å². The zero-order valence-electron chi connectivity index (χ0n) is 8.67. The van der Waals surface area contributed by atoms with E-state index in [-0.39, 0.29) is 12.1 Å². The van der Waals surface area contributed by atoms with Crippen LogP contribution in [0.4, 0.5) is 0 Å². The van der Waals surface area contributed by atoms with Gasteiger partial charge in [0, 0.05) is 5.56 Å².